The summed E-state index contributed by atoms with van der Waals surface area (Å²) < 4.78 is 31.6. The van der Waals surface area contributed by atoms with E-state index in [1.165, 1.54) is 0 Å². The molecule has 0 heterocycles. The summed E-state index contributed by atoms with van der Waals surface area (Å²) in [5.41, 5.74) is 0. The van der Waals surface area contributed by atoms with Gasteiger partial charge in [0.1, 0.15) is 0 Å². The largest absolute Gasteiger partial charge is 0.394 e. The fourth-order valence-corrected chi connectivity index (χ4v) is 0. The molecule has 0 atom stereocenters. The first-order valence-corrected chi connectivity index (χ1v) is 2.10. The maximum atomic E-state index is 8.74. The minimum atomic E-state index is -4.67. The molecule has 2 N–H and O–H groups in total. The number of hydrogen-bond donors (Lipinski definition) is 2. The Bertz CT molecular complexity index is 99.0. The quantitative estimate of drug-likeness (QED) is 0.498. The summed E-state index contributed by atoms with van der Waals surface area (Å²) in [6.07, 6.45) is 0. The molecule has 0 saturated carbocycles. The van der Waals surface area contributed by atoms with Crippen LogP contribution in [0.1, 0.15) is 0 Å². The van der Waals surface area contributed by atoms with Crippen molar-refractivity contribution in [3.05, 3.63) is 0 Å². The lowest BCUT2D eigenvalue weighted by molar-refractivity contribution is 0.381. The molecule has 0 amide bonds. The van der Waals surface area contributed by atoms with Gasteiger partial charge in [0.15, 0.2) is 0 Å². The van der Waals surface area contributed by atoms with Crippen molar-refractivity contribution in [2.24, 2.45) is 0 Å². The van der Waals surface area contributed by atoms with E-state index in [9.17, 15) is 0 Å². The lowest BCUT2D eigenvalue weighted by Gasteiger charge is -1.68. The van der Waals surface area contributed by atoms with Crippen molar-refractivity contribution in [3.8, 4) is 0 Å². The van der Waals surface area contributed by atoms with Crippen molar-refractivity contribution in [2.45, 2.75) is 0 Å². The van der Waals surface area contributed by atoms with Crippen LogP contribution in [0.3, 0.4) is 0 Å². The predicted molar refractivity (Wildman–Crippen MR) is 50.9 cm³/mol. The van der Waals surface area contributed by atoms with E-state index in [4.69, 9.17) is 17.5 Å². The van der Waals surface area contributed by atoms with E-state index in [0.717, 1.165) is 0 Å². The molecule has 0 aliphatic heterocycles. The van der Waals surface area contributed by atoms with Crippen LogP contribution < -0.4 is 0 Å². The second-order valence-electron chi connectivity index (χ2n) is 0.448. The molecule has 0 aliphatic carbocycles. The molecule has 0 rings (SSSR count). The molecule has 0 fully saturated rings. The third-order valence-corrected chi connectivity index (χ3v) is 0. The van der Waals surface area contributed by atoms with Gasteiger partial charge in [0.05, 0.1) is 0 Å². The van der Waals surface area contributed by atoms with Crippen molar-refractivity contribution < 1.29 is 17.5 Å². The highest BCUT2D eigenvalue weighted by atomic mass is 79.9. The van der Waals surface area contributed by atoms with Crippen molar-refractivity contribution >= 4 is 69.8 Å². The van der Waals surface area contributed by atoms with Gasteiger partial charge in [-0.15, -0.1) is 50.9 Å². The highest BCUT2D eigenvalue weighted by Gasteiger charge is 1.84. The Morgan fingerprint density at radius 3 is 0.889 bits per heavy atom. The zero-order valence-electron chi connectivity index (χ0n) is 3.92. The molecule has 0 spiro atoms. The summed E-state index contributed by atoms with van der Waals surface area (Å²) in [5, 5.41) is 0. The van der Waals surface area contributed by atoms with Crippen molar-refractivity contribution in [2.75, 3.05) is 0 Å². The Morgan fingerprint density at radius 1 is 0.889 bits per heavy atom. The summed E-state index contributed by atoms with van der Waals surface area (Å²) in [4.78, 5) is 0. The van der Waals surface area contributed by atoms with E-state index in [1.807, 2.05) is 0 Å². The average Bonchev–Trinajstić information content (AvgIpc) is 0.722. The van der Waals surface area contributed by atoms with Gasteiger partial charge in [0, 0.05) is 8.41 Å². The maximum Gasteiger partial charge on any atom is 0.394 e. The van der Waals surface area contributed by atoms with Gasteiger partial charge in [0.25, 0.3) is 0 Å². The lowest BCUT2D eigenvalue weighted by Crippen LogP contribution is -1.89. The Kier molecular flexibility index (Phi) is 42.4. The van der Waals surface area contributed by atoms with Crippen LogP contribution in [0, 0.1) is 0 Å². The van der Waals surface area contributed by atoms with Gasteiger partial charge >= 0.3 is 10.4 Å². The Hall–Kier alpha value is 1.37. The van der Waals surface area contributed by atoms with Gasteiger partial charge in [-0.1, -0.05) is 0 Å². The van der Waals surface area contributed by atoms with E-state index in [1.54, 1.807) is 0 Å². The van der Waals surface area contributed by atoms with E-state index < -0.39 is 10.4 Å². The van der Waals surface area contributed by atoms with Gasteiger partial charge < -0.3 is 0 Å². The lowest BCUT2D eigenvalue weighted by atomic mass is 10.8. The zero-order chi connectivity index (χ0) is 4.50. The molecule has 59 valence electrons. The standard InChI is InChI=1S/B.3BrH.H2O4S/c;;;;1-5(2,3)4/h;3*1H;(H2,1,2,3,4). The predicted octanol–water partition coefficient (Wildman–Crippen LogP) is 0.700. The average molecular weight is 352 g/mol. The third kappa shape index (κ3) is 270. The second-order valence-corrected chi connectivity index (χ2v) is 1.34. The Balaban J connectivity index is -0.0000000133. The van der Waals surface area contributed by atoms with Gasteiger partial charge in [0.2, 0.25) is 0 Å². The summed E-state index contributed by atoms with van der Waals surface area (Å²) >= 11 is 0. The van der Waals surface area contributed by atoms with Crippen molar-refractivity contribution in [1.29, 1.82) is 0 Å². The first kappa shape index (κ1) is 31.6. The fraction of sp³-hybridized carbons (Fsp3) is 0. The van der Waals surface area contributed by atoms with Gasteiger partial charge in [-0.2, -0.15) is 8.42 Å². The van der Waals surface area contributed by atoms with Crippen LogP contribution in [0.4, 0.5) is 0 Å². The summed E-state index contributed by atoms with van der Waals surface area (Å²) in [6, 6.07) is 0. The Labute approximate surface area is 86.9 Å². The summed E-state index contributed by atoms with van der Waals surface area (Å²) in [5.74, 6) is 0. The molecule has 0 aromatic carbocycles. The van der Waals surface area contributed by atoms with Crippen LogP contribution in [0.5, 0.6) is 0 Å². The van der Waals surface area contributed by atoms with Gasteiger partial charge in [-0.25, -0.2) is 0 Å². The van der Waals surface area contributed by atoms with Crippen molar-refractivity contribution in [1.82, 2.24) is 0 Å². The number of rotatable bonds is 0. The SMILES string of the molecule is Br.Br.Br.O=S(=O)(O)O.[B]. The van der Waals surface area contributed by atoms with Gasteiger partial charge in [-0.3, -0.25) is 9.11 Å². The highest BCUT2D eigenvalue weighted by molar-refractivity contribution is 8.93. The molecule has 4 nitrogen and oxygen atoms in total. The van der Waals surface area contributed by atoms with E-state index in [-0.39, 0.29) is 59.4 Å². The topological polar surface area (TPSA) is 74.6 Å². The monoisotopic (exact) mass is 349 g/mol. The molecule has 3 radical (unpaired) electrons. The first-order chi connectivity index (χ1) is 2.00. The van der Waals surface area contributed by atoms with Gasteiger partial charge in [-0.05, 0) is 0 Å². The molecule has 0 unspecified atom stereocenters. The van der Waals surface area contributed by atoms with Crippen LogP contribution in [0.15, 0.2) is 0 Å². The van der Waals surface area contributed by atoms with Crippen LogP contribution in [0.2, 0.25) is 0 Å². The third-order valence-electron chi connectivity index (χ3n) is 0. The molecule has 0 bridgehead atoms. The smallest absolute Gasteiger partial charge is 0.264 e. The molecule has 0 aromatic rings. The molecule has 0 aliphatic rings. The molecule has 9 heavy (non-hydrogen) atoms. The molecular formula is H5BBr3O4S. The van der Waals surface area contributed by atoms with Crippen LogP contribution in [0.25, 0.3) is 0 Å². The van der Waals surface area contributed by atoms with E-state index in [2.05, 4.69) is 0 Å². The van der Waals surface area contributed by atoms with Crippen LogP contribution in [-0.4, -0.2) is 25.9 Å². The van der Waals surface area contributed by atoms with E-state index in [0.29, 0.717) is 0 Å². The zero-order valence-corrected chi connectivity index (χ0v) is 9.88. The minimum Gasteiger partial charge on any atom is -0.264 e. The van der Waals surface area contributed by atoms with Crippen LogP contribution in [-0.2, 0) is 10.4 Å². The molecule has 9 heteroatoms. The molecule has 0 saturated heterocycles. The minimum absolute atomic E-state index is 0. The highest BCUT2D eigenvalue weighted by Crippen LogP contribution is 1.59. The number of halogens is 3. The Morgan fingerprint density at radius 2 is 0.889 bits per heavy atom. The normalized spacial score (nSPS) is 6.44. The number of hydrogen-bond acceptors (Lipinski definition) is 2. The molecular weight excluding hydrogens is 347 g/mol. The van der Waals surface area contributed by atoms with E-state index >= 15 is 0 Å². The molecule has 0 aromatic heterocycles. The summed E-state index contributed by atoms with van der Waals surface area (Å²) in [7, 11) is -4.67. The van der Waals surface area contributed by atoms with Crippen molar-refractivity contribution in [3.63, 3.8) is 0 Å². The maximum absolute atomic E-state index is 8.74. The fourth-order valence-electron chi connectivity index (χ4n) is 0. The van der Waals surface area contributed by atoms with Crippen LogP contribution >= 0.6 is 50.9 Å². The second kappa shape index (κ2) is 12.1. The summed E-state index contributed by atoms with van der Waals surface area (Å²) in [6.45, 7) is 0. The first-order valence-electron chi connectivity index (χ1n) is 0.698.